The van der Waals surface area contributed by atoms with Gasteiger partial charge in [0.1, 0.15) is 11.6 Å². The predicted molar refractivity (Wildman–Crippen MR) is 78.2 cm³/mol. The van der Waals surface area contributed by atoms with Crippen LogP contribution in [-0.4, -0.2) is 9.97 Å². The van der Waals surface area contributed by atoms with Crippen LogP contribution in [0.4, 0.5) is 5.82 Å². The normalized spacial score (nSPS) is 38.3. The van der Waals surface area contributed by atoms with Gasteiger partial charge in [0.05, 0.1) is 0 Å². The molecule has 1 heterocycles. The van der Waals surface area contributed by atoms with Gasteiger partial charge in [0.2, 0.25) is 0 Å². The Morgan fingerprint density at radius 2 is 1.80 bits per heavy atom. The summed E-state index contributed by atoms with van der Waals surface area (Å²) in [5.41, 5.74) is 6.08. The molecule has 3 N–H and O–H groups in total. The lowest BCUT2D eigenvalue weighted by Gasteiger charge is -2.57. The molecule has 4 saturated carbocycles. The highest BCUT2D eigenvalue weighted by atomic mass is 16.1. The number of aryl methyl sites for hydroxylation is 1. The summed E-state index contributed by atoms with van der Waals surface area (Å²) in [7, 11) is 0. The molecule has 20 heavy (non-hydrogen) atoms. The Hall–Kier alpha value is -1.32. The number of rotatable bonds is 3. The fourth-order valence-electron chi connectivity index (χ4n) is 5.63. The van der Waals surface area contributed by atoms with Crippen molar-refractivity contribution in [2.45, 2.75) is 51.4 Å². The zero-order valence-corrected chi connectivity index (χ0v) is 11.9. The standard InChI is InChI=1S/C16H23N3O/c17-13-6-15(20)19-14(18-13)1-2-16-7-10-3-11(8-16)5-12(4-10)9-16/h6,10-12H,1-5,7-9H2,(H3,17,18,19,20). The Kier molecular flexibility index (Phi) is 2.69. The number of nitrogens with two attached hydrogens (primary N) is 1. The molecule has 4 fully saturated rings. The van der Waals surface area contributed by atoms with Crippen LogP contribution < -0.4 is 11.3 Å². The van der Waals surface area contributed by atoms with Crippen LogP contribution in [-0.2, 0) is 6.42 Å². The highest BCUT2D eigenvalue weighted by Crippen LogP contribution is 2.61. The van der Waals surface area contributed by atoms with Gasteiger partial charge >= 0.3 is 0 Å². The van der Waals surface area contributed by atoms with Gasteiger partial charge in [-0.2, -0.15) is 0 Å². The highest BCUT2D eigenvalue weighted by Gasteiger charge is 2.50. The van der Waals surface area contributed by atoms with E-state index in [9.17, 15) is 4.79 Å². The van der Waals surface area contributed by atoms with Crippen LogP contribution in [0, 0.1) is 23.2 Å². The summed E-state index contributed by atoms with van der Waals surface area (Å²) in [5, 5.41) is 0. The van der Waals surface area contributed by atoms with Gasteiger partial charge in [-0.25, -0.2) is 4.98 Å². The molecule has 0 saturated heterocycles. The van der Waals surface area contributed by atoms with E-state index in [0.717, 1.165) is 30.0 Å². The minimum atomic E-state index is -0.127. The Bertz CT molecular complexity index is 542. The number of aromatic nitrogens is 2. The Balaban J connectivity index is 1.50. The summed E-state index contributed by atoms with van der Waals surface area (Å²) in [4.78, 5) is 18.6. The van der Waals surface area contributed by atoms with E-state index in [-0.39, 0.29) is 5.56 Å². The van der Waals surface area contributed by atoms with Gasteiger partial charge in [-0.05, 0) is 68.1 Å². The quantitative estimate of drug-likeness (QED) is 0.888. The second-order valence-electron chi connectivity index (χ2n) is 7.53. The van der Waals surface area contributed by atoms with Crippen molar-refractivity contribution < 1.29 is 0 Å². The molecule has 0 aliphatic heterocycles. The molecular weight excluding hydrogens is 250 g/mol. The van der Waals surface area contributed by atoms with Crippen LogP contribution in [0.15, 0.2) is 10.9 Å². The number of aromatic amines is 1. The number of hydrogen-bond donors (Lipinski definition) is 2. The summed E-state index contributed by atoms with van der Waals surface area (Å²) >= 11 is 0. The van der Waals surface area contributed by atoms with Crippen molar-refractivity contribution in [3.8, 4) is 0 Å². The smallest absolute Gasteiger partial charge is 0.252 e. The molecule has 0 radical (unpaired) electrons. The first kappa shape index (κ1) is 12.4. The monoisotopic (exact) mass is 273 g/mol. The molecule has 0 amide bonds. The van der Waals surface area contributed by atoms with Gasteiger partial charge in [-0.1, -0.05) is 0 Å². The van der Waals surface area contributed by atoms with Gasteiger partial charge in [-0.3, -0.25) is 4.79 Å². The summed E-state index contributed by atoms with van der Waals surface area (Å²) < 4.78 is 0. The van der Waals surface area contributed by atoms with E-state index in [2.05, 4.69) is 9.97 Å². The molecular formula is C16H23N3O. The first-order valence-electron chi connectivity index (χ1n) is 7.96. The molecule has 0 aromatic carbocycles. The topological polar surface area (TPSA) is 71.8 Å². The third-order valence-electron chi connectivity index (χ3n) is 5.87. The van der Waals surface area contributed by atoms with Crippen LogP contribution in [0.25, 0.3) is 0 Å². The van der Waals surface area contributed by atoms with E-state index in [1.807, 2.05) is 0 Å². The molecule has 4 aliphatic carbocycles. The third-order valence-corrected chi connectivity index (χ3v) is 5.87. The molecule has 4 bridgehead atoms. The lowest BCUT2D eigenvalue weighted by atomic mass is 9.48. The SMILES string of the molecule is Nc1cc(=O)[nH]c(CCC23CC4CC(CC(C4)C2)C3)n1. The first-order valence-corrected chi connectivity index (χ1v) is 7.96. The third kappa shape index (κ3) is 2.15. The van der Waals surface area contributed by atoms with E-state index in [1.165, 1.54) is 51.0 Å². The van der Waals surface area contributed by atoms with E-state index in [1.54, 1.807) is 0 Å². The molecule has 108 valence electrons. The number of nitrogens with one attached hydrogen (secondary N) is 1. The van der Waals surface area contributed by atoms with Crippen LogP contribution in [0.1, 0.15) is 50.8 Å². The molecule has 4 aliphatic rings. The fourth-order valence-corrected chi connectivity index (χ4v) is 5.63. The van der Waals surface area contributed by atoms with Crippen molar-refractivity contribution >= 4 is 5.82 Å². The molecule has 1 aromatic heterocycles. The maximum Gasteiger partial charge on any atom is 0.252 e. The molecule has 0 spiro atoms. The molecule has 4 nitrogen and oxygen atoms in total. The molecule has 0 unspecified atom stereocenters. The van der Waals surface area contributed by atoms with Crippen molar-refractivity contribution in [3.63, 3.8) is 0 Å². The van der Waals surface area contributed by atoms with Gasteiger partial charge in [0.15, 0.2) is 0 Å². The van der Waals surface area contributed by atoms with Crippen molar-refractivity contribution in [3.05, 3.63) is 22.2 Å². The summed E-state index contributed by atoms with van der Waals surface area (Å²) in [5.74, 6) is 4.05. The first-order chi connectivity index (χ1) is 9.60. The zero-order valence-electron chi connectivity index (χ0n) is 11.9. The van der Waals surface area contributed by atoms with E-state index < -0.39 is 0 Å². The van der Waals surface area contributed by atoms with Gasteiger partial charge in [0, 0.05) is 12.5 Å². The zero-order chi connectivity index (χ0) is 13.7. The molecule has 4 heteroatoms. The van der Waals surface area contributed by atoms with E-state index >= 15 is 0 Å². The molecule has 5 rings (SSSR count). The van der Waals surface area contributed by atoms with E-state index in [0.29, 0.717) is 11.2 Å². The van der Waals surface area contributed by atoms with Gasteiger partial charge in [-0.15, -0.1) is 0 Å². The predicted octanol–water partition coefficient (Wildman–Crippen LogP) is 2.50. The Labute approximate surface area is 119 Å². The minimum Gasteiger partial charge on any atom is -0.383 e. The van der Waals surface area contributed by atoms with Crippen LogP contribution in [0.3, 0.4) is 0 Å². The summed E-state index contributed by atoms with van der Waals surface area (Å²) in [6, 6.07) is 1.36. The summed E-state index contributed by atoms with van der Waals surface area (Å²) in [6.07, 6.45) is 10.7. The lowest BCUT2D eigenvalue weighted by molar-refractivity contribution is -0.0572. The van der Waals surface area contributed by atoms with Gasteiger partial charge in [0.25, 0.3) is 5.56 Å². The van der Waals surface area contributed by atoms with Crippen molar-refractivity contribution in [1.82, 2.24) is 9.97 Å². The van der Waals surface area contributed by atoms with Crippen LogP contribution in [0.5, 0.6) is 0 Å². The van der Waals surface area contributed by atoms with Crippen LogP contribution in [0.2, 0.25) is 0 Å². The summed E-state index contributed by atoms with van der Waals surface area (Å²) in [6.45, 7) is 0. The van der Waals surface area contributed by atoms with Crippen molar-refractivity contribution in [2.24, 2.45) is 23.2 Å². The molecule has 0 atom stereocenters. The number of nitrogen functional groups attached to an aromatic ring is 1. The average molecular weight is 273 g/mol. The van der Waals surface area contributed by atoms with Crippen molar-refractivity contribution in [2.75, 3.05) is 5.73 Å². The average Bonchev–Trinajstić information content (AvgIpc) is 2.34. The maximum atomic E-state index is 11.5. The van der Waals surface area contributed by atoms with E-state index in [4.69, 9.17) is 5.73 Å². The number of nitrogens with zero attached hydrogens (tertiary/aromatic N) is 1. The lowest BCUT2D eigenvalue weighted by Crippen LogP contribution is -2.46. The largest absolute Gasteiger partial charge is 0.383 e. The second-order valence-corrected chi connectivity index (χ2v) is 7.53. The Morgan fingerprint density at radius 3 is 2.35 bits per heavy atom. The number of hydrogen-bond acceptors (Lipinski definition) is 3. The number of H-pyrrole nitrogens is 1. The Morgan fingerprint density at radius 1 is 1.20 bits per heavy atom. The van der Waals surface area contributed by atoms with Gasteiger partial charge < -0.3 is 10.7 Å². The highest BCUT2D eigenvalue weighted by molar-refractivity contribution is 5.25. The fraction of sp³-hybridized carbons (Fsp3) is 0.750. The minimum absolute atomic E-state index is 0.127. The van der Waals surface area contributed by atoms with Crippen molar-refractivity contribution in [1.29, 1.82) is 0 Å². The molecule has 1 aromatic rings. The number of anilines is 1. The maximum absolute atomic E-state index is 11.5. The van der Waals surface area contributed by atoms with Crippen LogP contribution >= 0.6 is 0 Å². The second kappa shape index (κ2) is 4.34.